The van der Waals surface area contributed by atoms with Crippen LogP contribution in [0.15, 0.2) is 66.4 Å². The van der Waals surface area contributed by atoms with Crippen LogP contribution in [0.1, 0.15) is 83.5 Å². The molecule has 3 fully saturated rings. The Labute approximate surface area is 422 Å². The Balaban J connectivity index is 0.749. The van der Waals surface area contributed by atoms with Crippen molar-refractivity contribution in [2.45, 2.75) is 104 Å². The van der Waals surface area contributed by atoms with E-state index in [9.17, 15) is 24.8 Å². The van der Waals surface area contributed by atoms with Crippen molar-refractivity contribution in [1.82, 2.24) is 50.2 Å². The van der Waals surface area contributed by atoms with E-state index >= 15 is 0 Å². The molecule has 3 amide bonds. The van der Waals surface area contributed by atoms with Crippen LogP contribution in [0.25, 0.3) is 37.9 Å². The molecular weight excluding hydrogens is 935 g/mol. The molecule has 3 atom stereocenters. The number of thiazole rings is 1. The van der Waals surface area contributed by atoms with Crippen LogP contribution in [0.5, 0.6) is 0 Å². The molecule has 0 spiro atoms. The summed E-state index contributed by atoms with van der Waals surface area (Å²) < 4.78 is 1.79. The third-order valence-electron chi connectivity index (χ3n) is 14.0. The Bertz CT molecular complexity index is 2900. The van der Waals surface area contributed by atoms with Crippen LogP contribution < -0.4 is 20.9 Å². The van der Waals surface area contributed by atoms with Gasteiger partial charge in [0, 0.05) is 76.1 Å². The Hall–Kier alpha value is -6.33. The normalized spacial score (nSPS) is 20.3. The predicted molar refractivity (Wildman–Crippen MR) is 277 cm³/mol. The van der Waals surface area contributed by atoms with Gasteiger partial charge in [-0.3, -0.25) is 24.3 Å². The van der Waals surface area contributed by atoms with Crippen molar-refractivity contribution in [3.8, 4) is 38.5 Å². The number of pyridine rings is 1. The summed E-state index contributed by atoms with van der Waals surface area (Å²) in [6, 6.07) is 16.3. The second kappa shape index (κ2) is 21.2. The molecule has 19 heteroatoms. The lowest BCUT2D eigenvalue weighted by atomic mass is 9.80. The lowest BCUT2D eigenvalue weighted by Gasteiger charge is -2.38. The quantitative estimate of drug-likeness (QED) is 0.0889. The number of fused-ring (bicyclic) bond motifs is 1. The van der Waals surface area contributed by atoms with Gasteiger partial charge in [-0.25, -0.2) is 9.50 Å². The number of hydrogen-bond acceptors (Lipinski definition) is 15. The molecule has 372 valence electrons. The van der Waals surface area contributed by atoms with Crippen molar-refractivity contribution in [3.05, 3.63) is 83.3 Å². The number of carbonyl (C=O) groups is 3. The number of aryl methyl sites for hydroxylation is 1. The first-order valence-corrected chi connectivity index (χ1v) is 26.3. The molecular formula is C52H63N13O4S2. The average Bonchev–Trinajstić information content (AvgIpc) is 4.19. The van der Waals surface area contributed by atoms with Crippen LogP contribution in [0.2, 0.25) is 0 Å². The van der Waals surface area contributed by atoms with Gasteiger partial charge in [0.25, 0.3) is 0 Å². The number of aromatic nitrogens is 6. The molecule has 4 N–H and O–H groups in total. The average molecular weight is 998 g/mol. The highest BCUT2D eigenvalue weighted by molar-refractivity contribution is 7.18. The maximum absolute atomic E-state index is 14.3. The summed E-state index contributed by atoms with van der Waals surface area (Å²) in [4.78, 5) is 58.4. The number of likely N-dealkylation sites (tertiary alicyclic amines) is 1. The number of hydrogen-bond donors (Lipinski definition) is 4. The second-order valence-corrected chi connectivity index (χ2v) is 22.4. The molecule has 6 aromatic rings. The van der Waals surface area contributed by atoms with E-state index in [1.165, 1.54) is 4.90 Å². The van der Waals surface area contributed by atoms with E-state index in [0.717, 1.165) is 118 Å². The van der Waals surface area contributed by atoms with Gasteiger partial charge in [-0.15, -0.1) is 21.5 Å². The smallest absolute Gasteiger partial charge is 0.246 e. The zero-order chi connectivity index (χ0) is 50.0. The van der Waals surface area contributed by atoms with Gasteiger partial charge in [-0.1, -0.05) is 56.4 Å². The Morgan fingerprint density at radius 3 is 2.39 bits per heavy atom. The first kappa shape index (κ1) is 49.6. The Kier molecular flexibility index (Phi) is 14.8. The Morgan fingerprint density at radius 2 is 1.70 bits per heavy atom. The molecule has 2 aliphatic heterocycles. The van der Waals surface area contributed by atoms with Crippen molar-refractivity contribution in [2.75, 3.05) is 49.5 Å². The second-order valence-electron chi connectivity index (χ2n) is 20.6. The minimum atomic E-state index is -0.859. The van der Waals surface area contributed by atoms with E-state index in [2.05, 4.69) is 65.9 Å². The predicted octanol–water partition coefficient (Wildman–Crippen LogP) is 6.78. The molecule has 0 bridgehead atoms. The summed E-state index contributed by atoms with van der Waals surface area (Å²) in [6.45, 7) is 16.7. The highest BCUT2D eigenvalue weighted by Crippen LogP contribution is 2.37. The van der Waals surface area contributed by atoms with Gasteiger partial charge in [-0.2, -0.15) is 10.4 Å². The number of nitriles is 1. The summed E-state index contributed by atoms with van der Waals surface area (Å²) in [6.07, 6.45) is 6.06. The highest BCUT2D eigenvalue weighted by Gasteiger charge is 2.45. The summed E-state index contributed by atoms with van der Waals surface area (Å²) in [5.74, 6) is -0.520. The number of aliphatic hydroxyl groups is 1. The molecule has 9 rings (SSSR count). The molecule has 5 aromatic heterocycles. The number of benzene rings is 1. The topological polar surface area (TPSA) is 210 Å². The van der Waals surface area contributed by atoms with Crippen molar-refractivity contribution < 1.29 is 19.5 Å². The fraction of sp³-hybridized carbons (Fsp3) is 0.481. The number of amides is 3. The largest absolute Gasteiger partial charge is 0.391 e. The number of rotatable bonds is 14. The first-order valence-electron chi connectivity index (χ1n) is 24.6. The van der Waals surface area contributed by atoms with Gasteiger partial charge in [0.2, 0.25) is 22.9 Å². The number of β-amino-alcohol motifs (C(OH)–C–C–N with tert-alkyl or cyclic N) is 1. The van der Waals surface area contributed by atoms with Crippen molar-refractivity contribution in [2.24, 2.45) is 17.3 Å². The van der Waals surface area contributed by atoms with Gasteiger partial charge in [0.1, 0.15) is 18.2 Å². The van der Waals surface area contributed by atoms with Crippen LogP contribution in [-0.2, 0) is 20.9 Å². The zero-order valence-electron chi connectivity index (χ0n) is 41.3. The van der Waals surface area contributed by atoms with E-state index in [4.69, 9.17) is 4.98 Å². The fourth-order valence-electron chi connectivity index (χ4n) is 10.0. The maximum atomic E-state index is 14.3. The molecule has 1 aromatic carbocycles. The number of anilines is 2. The molecule has 17 nitrogen and oxygen atoms in total. The standard InChI is InChI=1S/C52H63N13O4S2/c1-31(2)58-41-23-42(43-16-15-38-21-35(24-53)26-57-65(38)43)54-27-40(41)49-60-61-51(71-49)63-19-17-62(18-20-63)28-34-9-13-37(14-10-34)47(67)59-46(52(4,5)6)50(69)64-29-39(66)22-44(64)48(68)55-25-33-7-11-36(12-8-33)45-32(3)56-30-70-45/h7-8,11-12,15-16,21,23,26-27,30-31,34,37,39,44,46,66H,9-10,13-14,17-20,22,25,28-29H2,1-6H3,(H,54,58)(H,55,68)(H,59,67)/t34?,37?,39-,44+,46?/m1/s1. The number of aliphatic hydroxyl groups excluding tert-OH is 1. The summed E-state index contributed by atoms with van der Waals surface area (Å²) in [5.41, 5.74) is 8.86. The van der Waals surface area contributed by atoms with Gasteiger partial charge >= 0.3 is 0 Å². The van der Waals surface area contributed by atoms with Gasteiger partial charge in [0.15, 0.2) is 5.01 Å². The molecule has 1 saturated carbocycles. The number of nitrogens with one attached hydrogen (secondary N) is 3. The van der Waals surface area contributed by atoms with Crippen LogP contribution in [0.4, 0.5) is 10.8 Å². The van der Waals surface area contributed by atoms with E-state index < -0.39 is 23.6 Å². The minimum absolute atomic E-state index is 0.0343. The van der Waals surface area contributed by atoms with Crippen LogP contribution in [0.3, 0.4) is 0 Å². The summed E-state index contributed by atoms with van der Waals surface area (Å²) >= 11 is 3.15. The molecule has 1 unspecified atom stereocenters. The van der Waals surface area contributed by atoms with Crippen LogP contribution >= 0.6 is 22.7 Å². The molecule has 2 saturated heterocycles. The fourth-order valence-corrected chi connectivity index (χ4v) is 11.8. The molecule has 1 aliphatic carbocycles. The number of carbonyl (C=O) groups excluding carboxylic acids is 3. The van der Waals surface area contributed by atoms with E-state index in [1.807, 2.05) is 87.9 Å². The Morgan fingerprint density at radius 1 is 0.944 bits per heavy atom. The summed E-state index contributed by atoms with van der Waals surface area (Å²) in [7, 11) is 0. The molecule has 7 heterocycles. The number of piperazine rings is 1. The van der Waals surface area contributed by atoms with Crippen LogP contribution in [0, 0.1) is 35.5 Å². The number of nitrogens with zero attached hydrogens (tertiary/aromatic N) is 10. The summed E-state index contributed by atoms with van der Waals surface area (Å²) in [5, 5.41) is 45.1. The highest BCUT2D eigenvalue weighted by atomic mass is 32.1. The molecule has 0 radical (unpaired) electrons. The molecule has 3 aliphatic rings. The lowest BCUT2D eigenvalue weighted by molar-refractivity contribution is -0.144. The monoisotopic (exact) mass is 997 g/mol. The van der Waals surface area contributed by atoms with E-state index in [-0.39, 0.29) is 49.2 Å². The van der Waals surface area contributed by atoms with Crippen molar-refractivity contribution in [1.29, 1.82) is 5.26 Å². The minimum Gasteiger partial charge on any atom is -0.391 e. The van der Waals surface area contributed by atoms with E-state index in [0.29, 0.717) is 11.5 Å². The van der Waals surface area contributed by atoms with Gasteiger partial charge in [-0.05, 0) is 93.2 Å². The lowest BCUT2D eigenvalue weighted by Crippen LogP contribution is -2.58. The van der Waals surface area contributed by atoms with Gasteiger partial charge < -0.3 is 30.9 Å². The van der Waals surface area contributed by atoms with Gasteiger partial charge in [0.05, 0.1) is 56.4 Å². The SMILES string of the molecule is Cc1ncsc1-c1ccc(CNC(=O)[C@@H]2C[C@@H](O)CN2C(=O)C(NC(=O)C2CCC(CN3CCN(c4nnc(-c5cnc(-c6ccc7cc(C#N)cnn67)cc5NC(C)C)s4)CC3)CC2)C(C)(C)C)cc1. The van der Waals surface area contributed by atoms with Crippen LogP contribution in [-0.4, -0.2) is 126 Å². The maximum Gasteiger partial charge on any atom is 0.246 e. The van der Waals surface area contributed by atoms with Crippen molar-refractivity contribution in [3.63, 3.8) is 0 Å². The molecule has 71 heavy (non-hydrogen) atoms. The zero-order valence-corrected chi connectivity index (χ0v) is 42.9. The third-order valence-corrected chi connectivity index (χ3v) is 15.9. The van der Waals surface area contributed by atoms with E-state index in [1.54, 1.807) is 33.4 Å². The van der Waals surface area contributed by atoms with Crippen molar-refractivity contribution >= 4 is 56.7 Å². The first-order chi connectivity index (χ1) is 34.1. The third kappa shape index (κ3) is 11.3.